The molecule has 2 N–H and O–H groups in total. The Hall–Kier alpha value is -0.860. The van der Waals surface area contributed by atoms with E-state index >= 15 is 0 Å². The maximum Gasteiger partial charge on any atom is 0.0320 e. The van der Waals surface area contributed by atoms with Gasteiger partial charge in [0.15, 0.2) is 0 Å². The van der Waals surface area contributed by atoms with Gasteiger partial charge in [-0.15, -0.1) is 0 Å². The van der Waals surface area contributed by atoms with E-state index in [2.05, 4.69) is 63.6 Å². The van der Waals surface area contributed by atoms with Crippen LogP contribution in [0.2, 0.25) is 0 Å². The molecule has 2 nitrogen and oxygen atoms in total. The molecule has 1 aromatic rings. The minimum Gasteiger partial charge on any atom is -0.320 e. The number of hydrogen-bond acceptors (Lipinski definition) is 2. The van der Waals surface area contributed by atoms with Crippen molar-refractivity contribution in [3.63, 3.8) is 0 Å². The second-order valence-electron chi connectivity index (χ2n) is 6.41. The smallest absolute Gasteiger partial charge is 0.0320 e. The lowest BCUT2D eigenvalue weighted by atomic mass is 9.84. The fraction of sp³-hybridized carbons (Fsp3) is 0.647. The molecule has 0 aliphatic heterocycles. The predicted molar refractivity (Wildman–Crippen MR) is 84.8 cm³/mol. The number of hydrogen-bond donors (Lipinski definition) is 2. The zero-order chi connectivity index (χ0) is 14.5. The summed E-state index contributed by atoms with van der Waals surface area (Å²) >= 11 is 0. The summed E-state index contributed by atoms with van der Waals surface area (Å²) < 4.78 is 0. The van der Waals surface area contributed by atoms with Crippen LogP contribution in [0.5, 0.6) is 0 Å². The van der Waals surface area contributed by atoms with Crippen LogP contribution in [0.25, 0.3) is 0 Å². The van der Waals surface area contributed by atoms with E-state index in [4.69, 9.17) is 0 Å². The molecule has 0 aromatic heterocycles. The van der Waals surface area contributed by atoms with Crippen LogP contribution in [-0.2, 0) is 5.41 Å². The van der Waals surface area contributed by atoms with Gasteiger partial charge in [0, 0.05) is 6.04 Å². The summed E-state index contributed by atoms with van der Waals surface area (Å²) in [6.45, 7) is 10.1. The molecular formula is C17H30N2. The second kappa shape index (κ2) is 7.06. The monoisotopic (exact) mass is 262 g/mol. The Labute approximate surface area is 119 Å². The van der Waals surface area contributed by atoms with Crippen molar-refractivity contribution >= 4 is 0 Å². The van der Waals surface area contributed by atoms with E-state index < -0.39 is 0 Å². The van der Waals surface area contributed by atoms with E-state index in [0.29, 0.717) is 6.04 Å². The predicted octanol–water partition coefficient (Wildman–Crippen LogP) is 3.55. The molecule has 0 fully saturated rings. The van der Waals surface area contributed by atoms with E-state index in [1.54, 1.807) is 0 Å². The number of aryl methyl sites for hydroxylation is 1. The molecule has 2 heteroatoms. The normalized spacial score (nSPS) is 13.6. The van der Waals surface area contributed by atoms with Crippen molar-refractivity contribution in [3.05, 3.63) is 34.9 Å². The first-order valence-corrected chi connectivity index (χ1v) is 7.33. The minimum absolute atomic E-state index is 0.214. The summed E-state index contributed by atoms with van der Waals surface area (Å²) in [6, 6.07) is 7.36. The highest BCUT2D eigenvalue weighted by atomic mass is 14.9. The Morgan fingerprint density at radius 2 is 1.84 bits per heavy atom. The van der Waals surface area contributed by atoms with Gasteiger partial charge in [0.1, 0.15) is 0 Å². The first kappa shape index (κ1) is 16.2. The lowest BCUT2D eigenvalue weighted by Crippen LogP contribution is -2.21. The van der Waals surface area contributed by atoms with Crippen LogP contribution in [0, 0.1) is 6.92 Å². The van der Waals surface area contributed by atoms with E-state index in [0.717, 1.165) is 6.54 Å². The van der Waals surface area contributed by atoms with Crippen LogP contribution in [0.4, 0.5) is 0 Å². The van der Waals surface area contributed by atoms with Crippen molar-refractivity contribution in [2.45, 2.75) is 52.0 Å². The maximum absolute atomic E-state index is 3.47. The van der Waals surface area contributed by atoms with Gasteiger partial charge >= 0.3 is 0 Å². The average Bonchev–Trinajstić information content (AvgIpc) is 2.34. The van der Waals surface area contributed by atoms with Gasteiger partial charge in [-0.25, -0.2) is 0 Å². The van der Waals surface area contributed by atoms with Gasteiger partial charge in [-0.05, 0) is 62.5 Å². The minimum atomic E-state index is 0.214. The number of nitrogens with one attached hydrogen (secondary N) is 2. The third-order valence-electron chi connectivity index (χ3n) is 3.79. The molecule has 108 valence electrons. The van der Waals surface area contributed by atoms with Gasteiger partial charge in [-0.3, -0.25) is 0 Å². The van der Waals surface area contributed by atoms with Gasteiger partial charge in [-0.2, -0.15) is 0 Å². The molecule has 0 radical (unpaired) electrons. The molecular weight excluding hydrogens is 232 g/mol. The quantitative estimate of drug-likeness (QED) is 0.766. The van der Waals surface area contributed by atoms with E-state index in [-0.39, 0.29) is 5.41 Å². The summed E-state index contributed by atoms with van der Waals surface area (Å²) in [4.78, 5) is 0. The Morgan fingerprint density at radius 3 is 2.37 bits per heavy atom. The summed E-state index contributed by atoms with van der Waals surface area (Å²) in [5.41, 5.74) is 4.47. The molecule has 0 amide bonds. The van der Waals surface area contributed by atoms with Crippen LogP contribution in [0.1, 0.15) is 56.3 Å². The molecule has 0 heterocycles. The highest BCUT2D eigenvalue weighted by Gasteiger charge is 2.17. The molecule has 19 heavy (non-hydrogen) atoms. The fourth-order valence-electron chi connectivity index (χ4n) is 2.42. The van der Waals surface area contributed by atoms with Crippen LogP contribution in [-0.4, -0.2) is 20.6 Å². The zero-order valence-corrected chi connectivity index (χ0v) is 13.4. The maximum atomic E-state index is 3.47. The highest BCUT2D eigenvalue weighted by Crippen LogP contribution is 2.28. The van der Waals surface area contributed by atoms with Crippen LogP contribution in [0.15, 0.2) is 18.2 Å². The van der Waals surface area contributed by atoms with Gasteiger partial charge < -0.3 is 10.6 Å². The molecule has 0 spiro atoms. The standard InChI is InChI=1S/C17H30N2/c1-13-9-10-14(17(2,3)4)12-15(13)16(19-6)8-7-11-18-5/h9-10,12,16,18-19H,7-8,11H2,1-6H3. The summed E-state index contributed by atoms with van der Waals surface area (Å²) in [6.07, 6.45) is 2.37. The Kier molecular flexibility index (Phi) is 6.02. The summed E-state index contributed by atoms with van der Waals surface area (Å²) in [7, 11) is 4.08. The second-order valence-corrected chi connectivity index (χ2v) is 6.41. The van der Waals surface area contributed by atoms with Crippen molar-refractivity contribution < 1.29 is 0 Å². The molecule has 0 bridgehead atoms. The van der Waals surface area contributed by atoms with E-state index in [1.807, 2.05) is 7.05 Å². The molecule has 1 unspecified atom stereocenters. The topological polar surface area (TPSA) is 24.1 Å². The molecule has 0 aliphatic carbocycles. The third kappa shape index (κ3) is 4.63. The van der Waals surface area contributed by atoms with Gasteiger partial charge in [0.05, 0.1) is 0 Å². The Balaban J connectivity index is 2.95. The number of benzene rings is 1. The SMILES string of the molecule is CNCCCC(NC)c1cc(C(C)(C)C)ccc1C. The van der Waals surface area contributed by atoms with Gasteiger partial charge in [0.2, 0.25) is 0 Å². The third-order valence-corrected chi connectivity index (χ3v) is 3.79. The molecule has 1 aromatic carbocycles. The van der Waals surface area contributed by atoms with E-state index in [1.165, 1.54) is 29.5 Å². The van der Waals surface area contributed by atoms with Gasteiger partial charge in [0.25, 0.3) is 0 Å². The van der Waals surface area contributed by atoms with Crippen LogP contribution < -0.4 is 10.6 Å². The van der Waals surface area contributed by atoms with Crippen molar-refractivity contribution in [2.75, 3.05) is 20.6 Å². The molecule has 0 saturated heterocycles. The van der Waals surface area contributed by atoms with Gasteiger partial charge in [-0.1, -0.05) is 39.0 Å². The van der Waals surface area contributed by atoms with Crippen LogP contribution >= 0.6 is 0 Å². The van der Waals surface area contributed by atoms with E-state index in [9.17, 15) is 0 Å². The highest BCUT2D eigenvalue weighted by molar-refractivity contribution is 5.36. The average molecular weight is 262 g/mol. The largest absolute Gasteiger partial charge is 0.320 e. The lowest BCUT2D eigenvalue weighted by molar-refractivity contribution is 0.513. The summed E-state index contributed by atoms with van der Waals surface area (Å²) in [5.74, 6) is 0. The zero-order valence-electron chi connectivity index (χ0n) is 13.4. The molecule has 1 atom stereocenters. The molecule has 0 aliphatic rings. The first-order chi connectivity index (χ1) is 8.90. The Bertz CT molecular complexity index is 391. The molecule has 1 rings (SSSR count). The van der Waals surface area contributed by atoms with Crippen molar-refractivity contribution in [1.82, 2.24) is 10.6 Å². The lowest BCUT2D eigenvalue weighted by Gasteiger charge is -2.24. The van der Waals surface area contributed by atoms with Crippen molar-refractivity contribution in [1.29, 1.82) is 0 Å². The van der Waals surface area contributed by atoms with Crippen molar-refractivity contribution in [3.8, 4) is 0 Å². The fourth-order valence-corrected chi connectivity index (χ4v) is 2.42. The first-order valence-electron chi connectivity index (χ1n) is 7.33. The number of rotatable bonds is 6. The Morgan fingerprint density at radius 1 is 1.16 bits per heavy atom. The summed E-state index contributed by atoms with van der Waals surface area (Å²) in [5, 5.41) is 6.69. The van der Waals surface area contributed by atoms with Crippen molar-refractivity contribution in [2.24, 2.45) is 0 Å². The molecule has 0 saturated carbocycles. The van der Waals surface area contributed by atoms with Crippen LogP contribution in [0.3, 0.4) is 0 Å².